The second-order valence-electron chi connectivity index (χ2n) is 6.00. The molecular formula is C16H20BNO3. The molecule has 1 heterocycles. The molecule has 0 spiro atoms. The summed E-state index contributed by atoms with van der Waals surface area (Å²) in [6, 6.07) is 15.1. The highest BCUT2D eigenvalue weighted by molar-refractivity contribution is 6.30. The van der Waals surface area contributed by atoms with Crippen molar-refractivity contribution >= 4 is 29.1 Å². The maximum atomic E-state index is 7.17. The minimum absolute atomic E-state index is 0.167. The number of H-pyrrole nitrogens is 1. The van der Waals surface area contributed by atoms with Gasteiger partial charge in [-0.3, -0.25) is 0 Å². The van der Waals surface area contributed by atoms with E-state index in [2.05, 4.69) is 68.2 Å². The van der Waals surface area contributed by atoms with E-state index < -0.39 is 7.32 Å². The van der Waals surface area contributed by atoms with Crippen LogP contribution in [0.2, 0.25) is 0 Å². The van der Waals surface area contributed by atoms with Crippen LogP contribution in [0.15, 0.2) is 42.5 Å². The maximum Gasteiger partial charge on any atom is 0.631 e. The Labute approximate surface area is 124 Å². The van der Waals surface area contributed by atoms with E-state index in [1.165, 1.54) is 27.4 Å². The second kappa shape index (κ2) is 5.89. The van der Waals surface area contributed by atoms with Crippen molar-refractivity contribution < 1.29 is 15.1 Å². The van der Waals surface area contributed by atoms with Gasteiger partial charge in [0.25, 0.3) is 0 Å². The fourth-order valence-electron chi connectivity index (χ4n) is 2.50. The van der Waals surface area contributed by atoms with Crippen LogP contribution in [0.3, 0.4) is 0 Å². The summed E-state index contributed by atoms with van der Waals surface area (Å²) in [4.78, 5) is 3.55. The Morgan fingerprint density at radius 1 is 0.857 bits per heavy atom. The van der Waals surface area contributed by atoms with E-state index in [9.17, 15) is 0 Å². The maximum absolute atomic E-state index is 7.17. The van der Waals surface area contributed by atoms with E-state index in [4.69, 9.17) is 15.1 Å². The summed E-state index contributed by atoms with van der Waals surface area (Å²) >= 11 is 0. The molecule has 110 valence electrons. The Bertz CT molecular complexity index is 741. The molecule has 0 radical (unpaired) electrons. The molecule has 5 heteroatoms. The standard InChI is InChI=1S/C16H17N.BH3O3/c1-16(2,3)13-9-6-8-12-11-7-4-5-10-14(11)17-15(12)13;2-1(3)4/h4-10,17H,1-3H3;2-4H. The monoisotopic (exact) mass is 285 g/mol. The second-order valence-corrected chi connectivity index (χ2v) is 6.00. The van der Waals surface area contributed by atoms with Crippen LogP contribution in [0.25, 0.3) is 21.8 Å². The molecule has 3 rings (SSSR count). The van der Waals surface area contributed by atoms with Crippen LogP contribution < -0.4 is 0 Å². The molecule has 4 N–H and O–H groups in total. The molecular weight excluding hydrogens is 265 g/mol. The van der Waals surface area contributed by atoms with Crippen LogP contribution >= 0.6 is 0 Å². The van der Waals surface area contributed by atoms with Gasteiger partial charge < -0.3 is 20.1 Å². The summed E-state index contributed by atoms with van der Waals surface area (Å²) < 4.78 is 0. The lowest BCUT2D eigenvalue weighted by molar-refractivity contribution is 0.278. The van der Waals surface area contributed by atoms with Crippen LogP contribution in [-0.4, -0.2) is 27.4 Å². The number of fused-ring (bicyclic) bond motifs is 3. The van der Waals surface area contributed by atoms with E-state index in [1.54, 1.807) is 0 Å². The summed E-state index contributed by atoms with van der Waals surface area (Å²) in [5, 5.41) is 24.1. The van der Waals surface area contributed by atoms with E-state index >= 15 is 0 Å². The third-order valence-electron chi connectivity index (χ3n) is 3.35. The lowest BCUT2D eigenvalue weighted by atomic mass is 9.86. The van der Waals surface area contributed by atoms with Gasteiger partial charge in [0.05, 0.1) is 5.52 Å². The van der Waals surface area contributed by atoms with Crippen molar-refractivity contribution in [1.29, 1.82) is 0 Å². The Hall–Kier alpha value is -1.82. The molecule has 0 aliphatic carbocycles. The smallest absolute Gasteiger partial charge is 0.402 e. The van der Waals surface area contributed by atoms with Gasteiger partial charge in [-0.2, -0.15) is 0 Å². The largest absolute Gasteiger partial charge is 0.631 e. The van der Waals surface area contributed by atoms with Crippen molar-refractivity contribution in [2.75, 3.05) is 0 Å². The Morgan fingerprint density at radius 2 is 1.43 bits per heavy atom. The highest BCUT2D eigenvalue weighted by Gasteiger charge is 2.18. The van der Waals surface area contributed by atoms with Gasteiger partial charge in [0.15, 0.2) is 0 Å². The van der Waals surface area contributed by atoms with Crippen LogP contribution in [0.1, 0.15) is 26.3 Å². The minimum Gasteiger partial charge on any atom is -0.402 e. The van der Waals surface area contributed by atoms with Crippen molar-refractivity contribution in [2.45, 2.75) is 26.2 Å². The van der Waals surface area contributed by atoms with E-state index in [-0.39, 0.29) is 5.41 Å². The average molecular weight is 285 g/mol. The lowest BCUT2D eigenvalue weighted by Crippen LogP contribution is -2.11. The normalized spacial score (nSPS) is 11.3. The molecule has 0 saturated heterocycles. The Kier molecular flexibility index (Phi) is 4.37. The zero-order valence-electron chi connectivity index (χ0n) is 12.5. The number of hydrogen-bond donors (Lipinski definition) is 4. The topological polar surface area (TPSA) is 76.5 Å². The van der Waals surface area contributed by atoms with E-state index in [0.717, 1.165) is 0 Å². The average Bonchev–Trinajstić information content (AvgIpc) is 2.75. The number of hydrogen-bond acceptors (Lipinski definition) is 3. The number of aromatic amines is 1. The first-order chi connectivity index (χ1) is 9.80. The van der Waals surface area contributed by atoms with Gasteiger partial charge in [-0.1, -0.05) is 57.2 Å². The SMILES string of the molecule is CC(C)(C)c1cccc2c1[nH]c1ccccc12.OB(O)O. The number of nitrogens with one attached hydrogen (secondary N) is 1. The van der Waals surface area contributed by atoms with Gasteiger partial charge in [-0.05, 0) is 17.0 Å². The third-order valence-corrected chi connectivity index (χ3v) is 3.35. The first-order valence-electron chi connectivity index (χ1n) is 6.85. The molecule has 0 saturated carbocycles. The summed E-state index contributed by atoms with van der Waals surface area (Å²) in [5.41, 5.74) is 4.05. The summed E-state index contributed by atoms with van der Waals surface area (Å²) in [5.74, 6) is 0. The molecule has 4 nitrogen and oxygen atoms in total. The third kappa shape index (κ3) is 3.45. The number of para-hydroxylation sites is 2. The lowest BCUT2D eigenvalue weighted by Gasteiger charge is -2.19. The molecule has 0 unspecified atom stereocenters. The van der Waals surface area contributed by atoms with Crippen molar-refractivity contribution in [3.8, 4) is 0 Å². The number of aromatic nitrogens is 1. The molecule has 21 heavy (non-hydrogen) atoms. The Balaban J connectivity index is 0.000000361. The summed E-state index contributed by atoms with van der Waals surface area (Å²) in [7, 11) is -2.17. The molecule has 2 aromatic carbocycles. The fraction of sp³-hybridized carbons (Fsp3) is 0.250. The van der Waals surface area contributed by atoms with Gasteiger partial charge in [-0.25, -0.2) is 0 Å². The fourth-order valence-corrected chi connectivity index (χ4v) is 2.50. The Morgan fingerprint density at radius 3 is 2.05 bits per heavy atom. The van der Waals surface area contributed by atoms with Crippen LogP contribution in [0.5, 0.6) is 0 Å². The zero-order valence-corrected chi connectivity index (χ0v) is 12.5. The number of rotatable bonds is 0. The quantitative estimate of drug-likeness (QED) is 0.479. The van der Waals surface area contributed by atoms with Crippen LogP contribution in [-0.2, 0) is 5.41 Å². The molecule has 0 atom stereocenters. The van der Waals surface area contributed by atoms with Crippen molar-refractivity contribution in [3.63, 3.8) is 0 Å². The van der Waals surface area contributed by atoms with Crippen LogP contribution in [0, 0.1) is 0 Å². The van der Waals surface area contributed by atoms with Gasteiger partial charge in [0, 0.05) is 16.3 Å². The van der Waals surface area contributed by atoms with Crippen molar-refractivity contribution in [1.82, 2.24) is 4.98 Å². The highest BCUT2D eigenvalue weighted by atomic mass is 16.5. The number of benzene rings is 2. The first-order valence-corrected chi connectivity index (χ1v) is 6.85. The molecule has 0 aliphatic heterocycles. The van der Waals surface area contributed by atoms with Gasteiger partial charge >= 0.3 is 7.32 Å². The van der Waals surface area contributed by atoms with Gasteiger partial charge in [-0.15, -0.1) is 0 Å². The van der Waals surface area contributed by atoms with E-state index in [0.29, 0.717) is 0 Å². The zero-order chi connectivity index (χ0) is 15.6. The molecule has 0 bridgehead atoms. The molecule has 0 amide bonds. The van der Waals surface area contributed by atoms with Crippen molar-refractivity contribution in [2.24, 2.45) is 0 Å². The molecule has 3 aromatic rings. The first kappa shape index (κ1) is 15.6. The summed E-state index contributed by atoms with van der Waals surface area (Å²) in [6.07, 6.45) is 0. The molecule has 0 fully saturated rings. The predicted molar refractivity (Wildman–Crippen MR) is 86.9 cm³/mol. The van der Waals surface area contributed by atoms with E-state index in [1.807, 2.05) is 0 Å². The van der Waals surface area contributed by atoms with Gasteiger partial charge in [0.1, 0.15) is 0 Å². The van der Waals surface area contributed by atoms with Crippen molar-refractivity contribution in [3.05, 3.63) is 48.0 Å². The predicted octanol–water partition coefficient (Wildman–Crippen LogP) is 2.57. The van der Waals surface area contributed by atoms with Gasteiger partial charge in [0.2, 0.25) is 0 Å². The highest BCUT2D eigenvalue weighted by Crippen LogP contribution is 2.33. The summed E-state index contributed by atoms with van der Waals surface area (Å²) in [6.45, 7) is 6.77. The molecule has 0 aliphatic rings. The minimum atomic E-state index is -2.17. The van der Waals surface area contributed by atoms with Crippen LogP contribution in [0.4, 0.5) is 0 Å². The molecule has 1 aromatic heterocycles.